The van der Waals surface area contributed by atoms with Gasteiger partial charge >= 0.3 is 0 Å². The number of methoxy groups -OCH3 is 1. The van der Waals surface area contributed by atoms with Gasteiger partial charge in [-0.15, -0.1) is 0 Å². The van der Waals surface area contributed by atoms with Gasteiger partial charge in [-0.1, -0.05) is 20.3 Å². The zero-order valence-electron chi connectivity index (χ0n) is 13.6. The number of fused-ring (bicyclic) bond motifs is 1. The van der Waals surface area contributed by atoms with Crippen molar-refractivity contribution in [3.05, 3.63) is 30.0 Å². The second-order valence-corrected chi connectivity index (χ2v) is 5.63. The Balaban J connectivity index is 2.12. The highest BCUT2D eigenvalue weighted by atomic mass is 16.5. The van der Waals surface area contributed by atoms with Crippen LogP contribution in [0.3, 0.4) is 0 Å². The fraction of sp³-hybridized carbons (Fsp3) is 0.412. The molecule has 6 heteroatoms. The number of nitrogens with one attached hydrogen (secondary N) is 1. The number of rotatable bonds is 7. The van der Waals surface area contributed by atoms with Crippen LogP contribution < -0.4 is 15.8 Å². The summed E-state index contributed by atoms with van der Waals surface area (Å²) in [6.07, 6.45) is 2.42. The van der Waals surface area contributed by atoms with E-state index in [0.717, 1.165) is 17.4 Å². The maximum atomic E-state index is 12.2. The zero-order valence-corrected chi connectivity index (χ0v) is 13.6. The van der Waals surface area contributed by atoms with Crippen LogP contribution in [0.4, 0.5) is 0 Å². The van der Waals surface area contributed by atoms with Crippen molar-refractivity contribution in [1.29, 1.82) is 0 Å². The van der Waals surface area contributed by atoms with E-state index in [-0.39, 0.29) is 18.2 Å². The highest BCUT2D eigenvalue weighted by molar-refractivity contribution is 5.91. The van der Waals surface area contributed by atoms with Gasteiger partial charge in [-0.25, -0.2) is 0 Å². The van der Waals surface area contributed by atoms with Crippen LogP contribution >= 0.6 is 0 Å². The highest BCUT2D eigenvalue weighted by Crippen LogP contribution is 2.25. The van der Waals surface area contributed by atoms with E-state index in [0.29, 0.717) is 11.3 Å². The topological polar surface area (TPSA) is 94.6 Å². The minimum absolute atomic E-state index is 0.0122. The number of primary amides is 1. The second kappa shape index (κ2) is 7.17. The molecule has 0 fully saturated rings. The first kappa shape index (κ1) is 16.9. The minimum atomic E-state index is -0.661. The summed E-state index contributed by atoms with van der Waals surface area (Å²) in [6, 6.07) is 4.76. The molecule has 2 amide bonds. The summed E-state index contributed by atoms with van der Waals surface area (Å²) in [6.45, 7) is 3.83. The van der Waals surface area contributed by atoms with Gasteiger partial charge in [-0.3, -0.25) is 9.59 Å². The molecule has 0 unspecified atom stereocenters. The molecule has 0 saturated heterocycles. The number of amides is 2. The Morgan fingerprint density at radius 1 is 1.39 bits per heavy atom. The fourth-order valence-corrected chi connectivity index (χ4v) is 2.45. The minimum Gasteiger partial charge on any atom is -0.497 e. The van der Waals surface area contributed by atoms with Gasteiger partial charge in [0.05, 0.1) is 19.8 Å². The molecule has 0 aliphatic heterocycles. The molecule has 2 atom stereocenters. The second-order valence-electron chi connectivity index (χ2n) is 5.63. The van der Waals surface area contributed by atoms with Crippen molar-refractivity contribution < 1.29 is 18.7 Å². The number of carbonyl (C=O) groups is 2. The monoisotopic (exact) mass is 318 g/mol. The van der Waals surface area contributed by atoms with Crippen LogP contribution in [-0.4, -0.2) is 25.0 Å². The molecule has 0 saturated carbocycles. The molecule has 0 aliphatic rings. The molecule has 6 nitrogen and oxygen atoms in total. The summed E-state index contributed by atoms with van der Waals surface area (Å²) in [4.78, 5) is 23.7. The first-order chi connectivity index (χ1) is 11.0. The Morgan fingerprint density at radius 3 is 2.74 bits per heavy atom. The van der Waals surface area contributed by atoms with Gasteiger partial charge in [0.1, 0.15) is 17.4 Å². The number of nitrogens with two attached hydrogens (primary N) is 1. The summed E-state index contributed by atoms with van der Waals surface area (Å²) in [5, 5.41) is 3.56. The lowest BCUT2D eigenvalue weighted by molar-refractivity contribution is -0.128. The van der Waals surface area contributed by atoms with Gasteiger partial charge in [0, 0.05) is 17.0 Å². The van der Waals surface area contributed by atoms with Crippen molar-refractivity contribution in [3.63, 3.8) is 0 Å². The predicted molar refractivity (Wildman–Crippen MR) is 87.1 cm³/mol. The van der Waals surface area contributed by atoms with Crippen LogP contribution in [0.2, 0.25) is 0 Å². The molecule has 1 aromatic carbocycles. The quantitative estimate of drug-likeness (QED) is 0.816. The lowest BCUT2D eigenvalue weighted by atomic mass is 9.98. The largest absolute Gasteiger partial charge is 0.497 e. The average molecular weight is 318 g/mol. The lowest BCUT2D eigenvalue weighted by Gasteiger charge is -2.20. The van der Waals surface area contributed by atoms with Crippen molar-refractivity contribution in [2.75, 3.05) is 7.11 Å². The molecule has 0 spiro atoms. The summed E-state index contributed by atoms with van der Waals surface area (Å²) in [5.74, 6) is -0.0997. The fourth-order valence-electron chi connectivity index (χ4n) is 2.45. The van der Waals surface area contributed by atoms with Crippen molar-refractivity contribution in [3.8, 4) is 5.75 Å². The first-order valence-electron chi connectivity index (χ1n) is 7.59. The molecule has 1 aromatic heterocycles. The highest BCUT2D eigenvalue weighted by Gasteiger charge is 2.24. The van der Waals surface area contributed by atoms with Crippen LogP contribution in [0.15, 0.2) is 28.9 Å². The Kier molecular flexibility index (Phi) is 5.26. The molecule has 23 heavy (non-hydrogen) atoms. The lowest BCUT2D eigenvalue weighted by Crippen LogP contribution is -2.48. The standard InChI is InChI=1S/C17H22N2O4/c1-4-10(2)16(17(18)21)19-15(20)7-11-9-23-14-8-12(22-3)5-6-13(11)14/h5-6,8-10,16H,4,7H2,1-3H3,(H2,18,21)(H,19,20)/t10-,16+/m1/s1. The molecule has 1 heterocycles. The number of benzene rings is 1. The van der Waals surface area contributed by atoms with Crippen LogP contribution in [0.1, 0.15) is 25.8 Å². The van der Waals surface area contributed by atoms with E-state index in [1.54, 1.807) is 19.4 Å². The van der Waals surface area contributed by atoms with Gasteiger partial charge in [0.2, 0.25) is 11.8 Å². The van der Waals surface area contributed by atoms with Gasteiger partial charge < -0.3 is 20.2 Å². The van der Waals surface area contributed by atoms with Gasteiger partial charge in [-0.05, 0) is 18.1 Å². The summed E-state index contributed by atoms with van der Waals surface area (Å²) in [5.41, 5.74) is 6.78. The summed E-state index contributed by atoms with van der Waals surface area (Å²) < 4.78 is 10.6. The Morgan fingerprint density at radius 2 is 2.13 bits per heavy atom. The van der Waals surface area contributed by atoms with Gasteiger partial charge in [-0.2, -0.15) is 0 Å². The molecule has 0 radical (unpaired) electrons. The Bertz CT molecular complexity index is 708. The molecular formula is C17H22N2O4. The normalized spacial score (nSPS) is 13.5. The summed E-state index contributed by atoms with van der Waals surface area (Å²) in [7, 11) is 1.58. The van der Waals surface area contributed by atoms with E-state index in [2.05, 4.69) is 5.32 Å². The van der Waals surface area contributed by atoms with E-state index in [1.807, 2.05) is 26.0 Å². The van der Waals surface area contributed by atoms with Crippen LogP contribution in [0, 0.1) is 5.92 Å². The Hall–Kier alpha value is -2.50. The smallest absolute Gasteiger partial charge is 0.240 e. The third-order valence-corrected chi connectivity index (χ3v) is 4.05. The van der Waals surface area contributed by atoms with E-state index in [4.69, 9.17) is 14.9 Å². The third kappa shape index (κ3) is 3.83. The molecule has 0 aliphatic carbocycles. The number of hydrogen-bond acceptors (Lipinski definition) is 4. The molecule has 2 aromatic rings. The number of ether oxygens (including phenoxy) is 1. The third-order valence-electron chi connectivity index (χ3n) is 4.05. The van der Waals surface area contributed by atoms with Crippen LogP contribution in [0.5, 0.6) is 5.75 Å². The number of carbonyl (C=O) groups excluding carboxylic acids is 2. The maximum Gasteiger partial charge on any atom is 0.240 e. The van der Waals surface area contributed by atoms with Crippen LogP contribution in [-0.2, 0) is 16.0 Å². The van der Waals surface area contributed by atoms with Crippen molar-refractivity contribution in [2.45, 2.75) is 32.7 Å². The summed E-state index contributed by atoms with van der Waals surface area (Å²) >= 11 is 0. The predicted octanol–water partition coefficient (Wildman–Crippen LogP) is 2.00. The van der Waals surface area contributed by atoms with Gasteiger partial charge in [0.25, 0.3) is 0 Å². The molecule has 124 valence electrons. The molecular weight excluding hydrogens is 296 g/mol. The molecule has 0 bridgehead atoms. The van der Waals surface area contributed by atoms with Crippen molar-refractivity contribution in [2.24, 2.45) is 11.7 Å². The van der Waals surface area contributed by atoms with Crippen molar-refractivity contribution >= 4 is 22.8 Å². The Labute approximate surface area is 135 Å². The SMILES string of the molecule is CC[C@@H](C)[C@H](NC(=O)Cc1coc2cc(OC)ccc12)C(N)=O. The van der Waals surface area contributed by atoms with Crippen molar-refractivity contribution in [1.82, 2.24) is 5.32 Å². The number of furan rings is 1. The first-order valence-corrected chi connectivity index (χ1v) is 7.59. The van der Waals surface area contributed by atoms with E-state index < -0.39 is 11.9 Å². The van der Waals surface area contributed by atoms with Gasteiger partial charge in [0.15, 0.2) is 0 Å². The van der Waals surface area contributed by atoms with E-state index in [9.17, 15) is 9.59 Å². The van der Waals surface area contributed by atoms with E-state index >= 15 is 0 Å². The van der Waals surface area contributed by atoms with Crippen LogP contribution in [0.25, 0.3) is 11.0 Å². The molecule has 3 N–H and O–H groups in total. The molecule has 2 rings (SSSR count). The number of hydrogen-bond donors (Lipinski definition) is 2. The maximum absolute atomic E-state index is 12.2. The zero-order chi connectivity index (χ0) is 17.0. The average Bonchev–Trinajstić information content (AvgIpc) is 2.93. The van der Waals surface area contributed by atoms with E-state index in [1.165, 1.54) is 0 Å².